The third kappa shape index (κ3) is 4.58. The Bertz CT molecular complexity index is 719. The fourth-order valence-corrected chi connectivity index (χ4v) is 4.00. The topological polar surface area (TPSA) is 23.6 Å². The Labute approximate surface area is 166 Å². The molecule has 1 saturated heterocycles. The lowest BCUT2D eigenvalue weighted by atomic mass is 9.96. The highest BCUT2D eigenvalue weighted by molar-refractivity contribution is 5.78. The van der Waals surface area contributed by atoms with Gasteiger partial charge in [0.05, 0.1) is 6.04 Å². The first kappa shape index (κ1) is 20.5. The Kier molecular flexibility index (Phi) is 6.79. The van der Waals surface area contributed by atoms with Gasteiger partial charge in [-0.2, -0.15) is 0 Å². The van der Waals surface area contributed by atoms with E-state index in [0.29, 0.717) is 13.1 Å². The van der Waals surface area contributed by atoms with Crippen LogP contribution in [0.1, 0.15) is 43.9 Å². The molecule has 1 amide bonds. The molecule has 0 saturated carbocycles. The molecule has 0 bridgehead atoms. The number of amides is 1. The molecule has 0 unspecified atom stereocenters. The molecule has 1 aliphatic rings. The van der Waals surface area contributed by atoms with Crippen LogP contribution < -0.4 is 0 Å². The number of halogens is 2. The summed E-state index contributed by atoms with van der Waals surface area (Å²) >= 11 is 0. The maximum atomic E-state index is 13.4. The maximum absolute atomic E-state index is 13.4. The third-order valence-electron chi connectivity index (χ3n) is 5.70. The largest absolute Gasteiger partial charge is 0.340 e. The van der Waals surface area contributed by atoms with Crippen LogP contribution in [0.15, 0.2) is 48.5 Å². The summed E-state index contributed by atoms with van der Waals surface area (Å²) in [5.41, 5.74) is 1.93. The van der Waals surface area contributed by atoms with Gasteiger partial charge in [-0.3, -0.25) is 9.69 Å². The first-order chi connectivity index (χ1) is 13.5. The quantitative estimate of drug-likeness (QED) is 0.722. The molecule has 1 heterocycles. The number of piperazine rings is 1. The van der Waals surface area contributed by atoms with Gasteiger partial charge in [-0.25, -0.2) is 8.78 Å². The van der Waals surface area contributed by atoms with Gasteiger partial charge in [-0.15, -0.1) is 0 Å². The zero-order chi connectivity index (χ0) is 20.1. The number of hydrogen-bond donors (Lipinski definition) is 0. The molecule has 5 heteroatoms. The van der Waals surface area contributed by atoms with Crippen molar-refractivity contribution in [2.24, 2.45) is 5.92 Å². The van der Waals surface area contributed by atoms with Crippen molar-refractivity contribution in [3.63, 3.8) is 0 Å². The van der Waals surface area contributed by atoms with Gasteiger partial charge in [-0.05, 0) is 48.2 Å². The second-order valence-corrected chi connectivity index (χ2v) is 7.38. The van der Waals surface area contributed by atoms with Crippen LogP contribution in [0.3, 0.4) is 0 Å². The lowest BCUT2D eigenvalue weighted by Gasteiger charge is -2.40. The molecule has 2 aromatic carbocycles. The molecule has 0 spiro atoms. The van der Waals surface area contributed by atoms with Crippen LogP contribution in [-0.4, -0.2) is 41.9 Å². The Hall–Kier alpha value is -2.27. The summed E-state index contributed by atoms with van der Waals surface area (Å²) in [6.07, 6.45) is 1.73. The van der Waals surface area contributed by atoms with Crippen LogP contribution in [0, 0.1) is 17.6 Å². The van der Waals surface area contributed by atoms with E-state index in [2.05, 4.69) is 18.7 Å². The molecule has 3 nitrogen and oxygen atoms in total. The van der Waals surface area contributed by atoms with Crippen molar-refractivity contribution >= 4 is 5.91 Å². The summed E-state index contributed by atoms with van der Waals surface area (Å²) in [7, 11) is 0. The van der Waals surface area contributed by atoms with Gasteiger partial charge in [0, 0.05) is 32.1 Å². The average Bonchev–Trinajstić information content (AvgIpc) is 2.72. The number of nitrogens with zero attached hydrogens (tertiary/aromatic N) is 2. The average molecular weight is 386 g/mol. The lowest BCUT2D eigenvalue weighted by molar-refractivity contribution is -0.137. The fraction of sp³-hybridized carbons (Fsp3) is 0.435. The Morgan fingerprint density at radius 1 is 0.821 bits per heavy atom. The summed E-state index contributed by atoms with van der Waals surface area (Å²) in [4.78, 5) is 16.9. The van der Waals surface area contributed by atoms with E-state index >= 15 is 0 Å². The minimum absolute atomic E-state index is 0.0911. The Morgan fingerprint density at radius 3 is 1.64 bits per heavy atom. The van der Waals surface area contributed by atoms with Crippen LogP contribution in [0.2, 0.25) is 0 Å². The van der Waals surface area contributed by atoms with E-state index in [1.54, 1.807) is 24.3 Å². The molecular weight excluding hydrogens is 358 g/mol. The summed E-state index contributed by atoms with van der Waals surface area (Å²) in [5, 5.41) is 0. The molecule has 150 valence electrons. The molecule has 0 aromatic heterocycles. The minimum Gasteiger partial charge on any atom is -0.340 e. The van der Waals surface area contributed by atoms with E-state index in [1.165, 1.54) is 24.3 Å². The zero-order valence-electron chi connectivity index (χ0n) is 16.6. The van der Waals surface area contributed by atoms with Gasteiger partial charge < -0.3 is 4.90 Å². The predicted octanol–water partition coefficient (Wildman–Crippen LogP) is 4.63. The highest BCUT2D eigenvalue weighted by atomic mass is 19.1. The van der Waals surface area contributed by atoms with Gasteiger partial charge in [0.1, 0.15) is 11.6 Å². The van der Waals surface area contributed by atoms with Gasteiger partial charge in [0.25, 0.3) is 0 Å². The van der Waals surface area contributed by atoms with Crippen molar-refractivity contribution in [1.82, 2.24) is 9.80 Å². The molecule has 0 N–H and O–H groups in total. The number of carbonyl (C=O) groups is 1. The van der Waals surface area contributed by atoms with Gasteiger partial charge in [0.2, 0.25) is 5.91 Å². The van der Waals surface area contributed by atoms with Crippen LogP contribution in [0.4, 0.5) is 8.78 Å². The smallest absolute Gasteiger partial charge is 0.225 e. The van der Waals surface area contributed by atoms with Crippen LogP contribution >= 0.6 is 0 Å². The minimum atomic E-state index is -0.276. The monoisotopic (exact) mass is 386 g/mol. The summed E-state index contributed by atoms with van der Waals surface area (Å²) in [6.45, 7) is 6.92. The first-order valence-corrected chi connectivity index (χ1v) is 10.1. The zero-order valence-corrected chi connectivity index (χ0v) is 16.6. The van der Waals surface area contributed by atoms with Crippen molar-refractivity contribution in [2.45, 2.75) is 32.7 Å². The Morgan fingerprint density at radius 2 is 1.25 bits per heavy atom. The maximum Gasteiger partial charge on any atom is 0.225 e. The standard InChI is InChI=1S/C23H28F2N2O/c1-3-17(4-2)23(28)27-15-13-26(14-16-27)22(18-5-9-20(24)10-6-18)19-7-11-21(25)12-8-19/h5-12,17,22H,3-4,13-16H2,1-2H3. The van der Waals surface area contributed by atoms with Crippen molar-refractivity contribution in [3.05, 3.63) is 71.3 Å². The SMILES string of the molecule is CCC(CC)C(=O)N1CCN(C(c2ccc(F)cc2)c2ccc(F)cc2)CC1. The van der Waals surface area contributed by atoms with Crippen LogP contribution in [-0.2, 0) is 4.79 Å². The van der Waals surface area contributed by atoms with Crippen molar-refractivity contribution in [3.8, 4) is 0 Å². The summed E-state index contributed by atoms with van der Waals surface area (Å²) in [6, 6.07) is 12.9. The number of hydrogen-bond acceptors (Lipinski definition) is 2. The second kappa shape index (κ2) is 9.28. The van der Waals surface area contributed by atoms with Crippen molar-refractivity contribution in [1.29, 1.82) is 0 Å². The van der Waals surface area contributed by atoms with E-state index in [1.807, 2.05) is 4.90 Å². The fourth-order valence-electron chi connectivity index (χ4n) is 4.00. The summed E-state index contributed by atoms with van der Waals surface area (Å²) in [5.74, 6) is -0.217. The van der Waals surface area contributed by atoms with Crippen molar-refractivity contribution in [2.75, 3.05) is 26.2 Å². The molecule has 0 radical (unpaired) electrons. The first-order valence-electron chi connectivity index (χ1n) is 10.1. The summed E-state index contributed by atoms with van der Waals surface area (Å²) < 4.78 is 26.8. The Balaban J connectivity index is 1.79. The highest BCUT2D eigenvalue weighted by Gasteiger charge is 2.30. The van der Waals surface area contributed by atoms with E-state index in [-0.39, 0.29) is 29.5 Å². The molecule has 0 atom stereocenters. The molecule has 2 aromatic rings. The van der Waals surface area contributed by atoms with Gasteiger partial charge >= 0.3 is 0 Å². The molecule has 28 heavy (non-hydrogen) atoms. The van der Waals surface area contributed by atoms with E-state index in [0.717, 1.165) is 37.1 Å². The number of rotatable bonds is 6. The van der Waals surface area contributed by atoms with E-state index in [9.17, 15) is 13.6 Å². The van der Waals surface area contributed by atoms with Crippen molar-refractivity contribution < 1.29 is 13.6 Å². The number of benzene rings is 2. The molecule has 1 aliphatic heterocycles. The normalized spacial score (nSPS) is 15.4. The number of carbonyl (C=O) groups excluding carboxylic acids is 1. The lowest BCUT2D eigenvalue weighted by Crippen LogP contribution is -2.51. The van der Waals surface area contributed by atoms with E-state index < -0.39 is 0 Å². The second-order valence-electron chi connectivity index (χ2n) is 7.38. The molecule has 3 rings (SSSR count). The van der Waals surface area contributed by atoms with Gasteiger partial charge in [-0.1, -0.05) is 38.1 Å². The highest BCUT2D eigenvalue weighted by Crippen LogP contribution is 2.30. The molecule has 1 fully saturated rings. The third-order valence-corrected chi connectivity index (χ3v) is 5.70. The van der Waals surface area contributed by atoms with Gasteiger partial charge in [0.15, 0.2) is 0 Å². The van der Waals surface area contributed by atoms with E-state index in [4.69, 9.17) is 0 Å². The molecule has 0 aliphatic carbocycles. The molecular formula is C23H28F2N2O. The predicted molar refractivity (Wildman–Crippen MR) is 107 cm³/mol. The van der Waals surface area contributed by atoms with Crippen LogP contribution in [0.25, 0.3) is 0 Å². The van der Waals surface area contributed by atoms with Crippen LogP contribution in [0.5, 0.6) is 0 Å².